The molecule has 2 rings (SSSR count). The van der Waals surface area contributed by atoms with Crippen LogP contribution in [0.15, 0.2) is 36.4 Å². The molecule has 6 nitrogen and oxygen atoms in total. The van der Waals surface area contributed by atoms with Crippen molar-refractivity contribution in [3.63, 3.8) is 0 Å². The predicted octanol–water partition coefficient (Wildman–Crippen LogP) is -0.831. The SMILES string of the molecule is Nc1cc(Cc2ccc(C(=O)[O-])c(N)c2)ccc1C(=O)[O-]. The smallest absolute Gasteiger partial charge is 0.0736 e. The summed E-state index contributed by atoms with van der Waals surface area (Å²) in [5.41, 5.74) is 12.9. The third-order valence-corrected chi connectivity index (χ3v) is 3.08. The number of rotatable bonds is 4. The Morgan fingerprint density at radius 2 is 1.19 bits per heavy atom. The number of nitrogens with two attached hydrogens (primary N) is 2. The van der Waals surface area contributed by atoms with Crippen molar-refractivity contribution in [3.05, 3.63) is 58.7 Å². The molecule has 0 saturated carbocycles. The van der Waals surface area contributed by atoms with Gasteiger partial charge in [0.1, 0.15) is 0 Å². The van der Waals surface area contributed by atoms with E-state index in [1.807, 2.05) is 0 Å². The highest BCUT2D eigenvalue weighted by atomic mass is 16.4. The highest BCUT2D eigenvalue weighted by Crippen LogP contribution is 2.19. The Labute approximate surface area is 120 Å². The Hall–Kier alpha value is -3.02. The fourth-order valence-electron chi connectivity index (χ4n) is 2.05. The summed E-state index contributed by atoms with van der Waals surface area (Å²) in [5.74, 6) is -2.66. The van der Waals surface area contributed by atoms with Crippen LogP contribution in [0, 0.1) is 0 Å². The molecule has 0 fully saturated rings. The largest absolute Gasteiger partial charge is 0.545 e. The van der Waals surface area contributed by atoms with Gasteiger partial charge < -0.3 is 31.3 Å². The average Bonchev–Trinajstić information content (AvgIpc) is 2.37. The predicted molar refractivity (Wildman–Crippen MR) is 73.2 cm³/mol. The normalized spacial score (nSPS) is 10.3. The third-order valence-electron chi connectivity index (χ3n) is 3.08. The van der Waals surface area contributed by atoms with E-state index < -0.39 is 11.9 Å². The monoisotopic (exact) mass is 284 g/mol. The molecule has 0 aromatic heterocycles. The number of hydrogen-bond donors (Lipinski definition) is 2. The fraction of sp³-hybridized carbons (Fsp3) is 0.0667. The van der Waals surface area contributed by atoms with Crippen LogP contribution in [0.1, 0.15) is 31.8 Å². The molecule has 0 bridgehead atoms. The van der Waals surface area contributed by atoms with Crippen molar-refractivity contribution >= 4 is 23.3 Å². The van der Waals surface area contributed by atoms with E-state index >= 15 is 0 Å². The molecule has 0 aliphatic rings. The number of carboxylic acids is 2. The van der Waals surface area contributed by atoms with Crippen LogP contribution in [-0.4, -0.2) is 11.9 Å². The van der Waals surface area contributed by atoms with E-state index in [-0.39, 0.29) is 22.5 Å². The first-order valence-electron chi connectivity index (χ1n) is 6.08. The zero-order valence-corrected chi connectivity index (χ0v) is 11.0. The molecule has 2 aromatic carbocycles. The quantitative estimate of drug-likeness (QED) is 0.704. The number of carbonyl (C=O) groups excluding carboxylic acids is 2. The summed E-state index contributed by atoms with van der Waals surface area (Å²) in [6.07, 6.45) is 0.440. The summed E-state index contributed by atoms with van der Waals surface area (Å²) in [6.45, 7) is 0. The van der Waals surface area contributed by atoms with Gasteiger partial charge in [0.2, 0.25) is 0 Å². The zero-order valence-electron chi connectivity index (χ0n) is 11.0. The molecule has 21 heavy (non-hydrogen) atoms. The molecule has 0 saturated heterocycles. The summed E-state index contributed by atoms with van der Waals surface area (Å²) in [5, 5.41) is 21.5. The van der Waals surface area contributed by atoms with Crippen LogP contribution in [0.2, 0.25) is 0 Å². The Morgan fingerprint density at radius 3 is 1.48 bits per heavy atom. The lowest BCUT2D eigenvalue weighted by Gasteiger charge is -2.11. The number of carbonyl (C=O) groups is 2. The number of aromatic carboxylic acids is 2. The zero-order chi connectivity index (χ0) is 15.6. The summed E-state index contributed by atoms with van der Waals surface area (Å²) in [4.78, 5) is 21.5. The van der Waals surface area contributed by atoms with Gasteiger partial charge in [-0.2, -0.15) is 0 Å². The molecule has 2 aromatic rings. The lowest BCUT2D eigenvalue weighted by Crippen LogP contribution is -2.23. The van der Waals surface area contributed by atoms with Crippen molar-refractivity contribution in [2.45, 2.75) is 6.42 Å². The van der Waals surface area contributed by atoms with Gasteiger partial charge in [0.15, 0.2) is 0 Å². The third kappa shape index (κ3) is 3.11. The van der Waals surface area contributed by atoms with Gasteiger partial charge in [0.05, 0.1) is 11.9 Å². The van der Waals surface area contributed by atoms with Gasteiger partial charge >= 0.3 is 0 Å². The second-order valence-electron chi connectivity index (χ2n) is 4.59. The van der Waals surface area contributed by atoms with E-state index in [1.165, 1.54) is 24.3 Å². The lowest BCUT2D eigenvalue weighted by atomic mass is 10.0. The molecule has 108 valence electrons. The Bertz CT molecular complexity index is 664. The standard InChI is InChI=1S/C15H14N2O4/c16-12-6-8(1-3-10(12)14(18)19)5-9-2-4-11(15(20)21)13(17)7-9/h1-4,6-7H,5,16-17H2,(H,18,19)(H,20,21)/p-2. The van der Waals surface area contributed by atoms with Crippen molar-refractivity contribution in [1.82, 2.24) is 0 Å². The molecule has 0 aliphatic carbocycles. The molecule has 0 radical (unpaired) electrons. The minimum atomic E-state index is -1.33. The summed E-state index contributed by atoms with van der Waals surface area (Å²) in [6, 6.07) is 9.05. The number of nitrogen functional groups attached to an aromatic ring is 2. The maximum atomic E-state index is 10.8. The first-order valence-corrected chi connectivity index (χ1v) is 6.08. The molecule has 0 unspecified atom stereocenters. The van der Waals surface area contributed by atoms with Crippen molar-refractivity contribution < 1.29 is 19.8 Å². The van der Waals surface area contributed by atoms with Crippen LogP contribution < -0.4 is 21.7 Å². The van der Waals surface area contributed by atoms with Crippen LogP contribution in [0.5, 0.6) is 0 Å². The first kappa shape index (κ1) is 14.4. The Morgan fingerprint density at radius 1 is 0.810 bits per heavy atom. The molecule has 0 amide bonds. The van der Waals surface area contributed by atoms with Crippen LogP contribution in [0.25, 0.3) is 0 Å². The van der Waals surface area contributed by atoms with Gasteiger partial charge in [-0.25, -0.2) is 0 Å². The molecule has 0 spiro atoms. The van der Waals surface area contributed by atoms with Crippen molar-refractivity contribution in [1.29, 1.82) is 0 Å². The van der Waals surface area contributed by atoms with E-state index in [1.54, 1.807) is 12.1 Å². The molecule has 6 heteroatoms. The number of hydrogen-bond acceptors (Lipinski definition) is 6. The summed E-state index contributed by atoms with van der Waals surface area (Å²) in [7, 11) is 0. The van der Waals surface area contributed by atoms with E-state index in [4.69, 9.17) is 11.5 Å². The van der Waals surface area contributed by atoms with Crippen LogP contribution >= 0.6 is 0 Å². The minimum Gasteiger partial charge on any atom is -0.545 e. The molecule has 0 atom stereocenters. The first-order chi connectivity index (χ1) is 9.88. The number of anilines is 2. The van der Waals surface area contributed by atoms with E-state index in [2.05, 4.69) is 0 Å². The minimum absolute atomic E-state index is 0.0643. The van der Waals surface area contributed by atoms with Crippen LogP contribution in [0.4, 0.5) is 11.4 Å². The molecule has 0 aliphatic heterocycles. The second kappa shape index (κ2) is 5.54. The average molecular weight is 284 g/mol. The summed E-state index contributed by atoms with van der Waals surface area (Å²) >= 11 is 0. The topological polar surface area (TPSA) is 132 Å². The lowest BCUT2D eigenvalue weighted by molar-refractivity contribution is -0.256. The van der Waals surface area contributed by atoms with Crippen molar-refractivity contribution in [2.75, 3.05) is 11.5 Å². The van der Waals surface area contributed by atoms with E-state index in [9.17, 15) is 19.8 Å². The van der Waals surface area contributed by atoms with Crippen LogP contribution in [0.3, 0.4) is 0 Å². The van der Waals surface area contributed by atoms with Crippen molar-refractivity contribution in [2.24, 2.45) is 0 Å². The van der Waals surface area contributed by atoms with Crippen LogP contribution in [-0.2, 0) is 6.42 Å². The van der Waals surface area contributed by atoms with E-state index in [0.717, 1.165) is 11.1 Å². The van der Waals surface area contributed by atoms with Gasteiger partial charge in [-0.15, -0.1) is 0 Å². The fourth-order valence-corrected chi connectivity index (χ4v) is 2.05. The van der Waals surface area contributed by atoms with Gasteiger partial charge in [-0.1, -0.05) is 24.3 Å². The Balaban J connectivity index is 2.26. The van der Waals surface area contributed by atoms with Gasteiger partial charge in [-0.3, -0.25) is 0 Å². The number of benzene rings is 2. The number of carboxylic acid groups (broad SMARTS) is 2. The highest BCUT2D eigenvalue weighted by Gasteiger charge is 2.05. The molecule has 0 heterocycles. The Kier molecular flexibility index (Phi) is 3.80. The summed E-state index contributed by atoms with van der Waals surface area (Å²) < 4.78 is 0. The highest BCUT2D eigenvalue weighted by molar-refractivity contribution is 5.92. The van der Waals surface area contributed by atoms with Gasteiger partial charge in [0, 0.05) is 22.5 Å². The van der Waals surface area contributed by atoms with Gasteiger partial charge in [-0.05, 0) is 29.7 Å². The maximum Gasteiger partial charge on any atom is 0.0736 e. The molecule has 4 N–H and O–H groups in total. The molecular weight excluding hydrogens is 272 g/mol. The second-order valence-corrected chi connectivity index (χ2v) is 4.59. The van der Waals surface area contributed by atoms with E-state index in [0.29, 0.717) is 6.42 Å². The maximum absolute atomic E-state index is 10.8. The van der Waals surface area contributed by atoms with Gasteiger partial charge in [0.25, 0.3) is 0 Å². The molecular formula is C15H12N2O4-2. The van der Waals surface area contributed by atoms with Crippen molar-refractivity contribution in [3.8, 4) is 0 Å².